The van der Waals surface area contributed by atoms with E-state index in [9.17, 15) is 5.11 Å². The van der Waals surface area contributed by atoms with Crippen LogP contribution in [0.5, 0.6) is 0 Å². The number of nitrogens with two attached hydrogens (primary N) is 2. The lowest BCUT2D eigenvalue weighted by molar-refractivity contribution is -0.159. The Morgan fingerprint density at radius 2 is 0.647 bits per heavy atom. The van der Waals surface area contributed by atoms with Crippen LogP contribution in [0.25, 0.3) is 0 Å². The van der Waals surface area contributed by atoms with Gasteiger partial charge >= 0.3 is 47.8 Å². The fourth-order valence-electron chi connectivity index (χ4n) is 3.89. The number of rotatable bonds is 22. The van der Waals surface area contributed by atoms with E-state index in [1.54, 1.807) is 0 Å². The fraction of sp³-hybridized carbons (Fsp3) is 0.750. The Hall–Kier alpha value is -4.36. The smallest absolute Gasteiger partial charge is 0.414 e. The minimum Gasteiger partial charge on any atom is -0.473 e. The van der Waals surface area contributed by atoms with E-state index in [0.29, 0.717) is 0 Å². The second-order valence-electron chi connectivity index (χ2n) is 11.1. The van der Waals surface area contributed by atoms with Crippen LogP contribution >= 0.6 is 0 Å². The van der Waals surface area contributed by atoms with Crippen LogP contribution in [0.3, 0.4) is 0 Å². The zero-order valence-electron chi connectivity index (χ0n) is 29.4. The van der Waals surface area contributed by atoms with Crippen molar-refractivity contribution < 1.29 is 84.3 Å². The molecule has 2 atom stereocenters. The first-order chi connectivity index (χ1) is 23.8. The van der Waals surface area contributed by atoms with Gasteiger partial charge in [-0.05, 0) is 32.2 Å². The third-order valence-electron chi connectivity index (χ3n) is 6.48. The first kappa shape index (κ1) is 56.0. The van der Waals surface area contributed by atoms with E-state index in [0.717, 1.165) is 38.6 Å². The summed E-state index contributed by atoms with van der Waals surface area (Å²) >= 11 is 0. The van der Waals surface area contributed by atoms with E-state index >= 15 is 0 Å². The van der Waals surface area contributed by atoms with Crippen molar-refractivity contribution in [1.82, 2.24) is 0 Å². The summed E-state index contributed by atoms with van der Waals surface area (Å²) in [5, 5.41) is 69.3. The summed E-state index contributed by atoms with van der Waals surface area (Å²) in [6.45, 7) is 3.09. The molecule has 0 aromatic rings. The van der Waals surface area contributed by atoms with E-state index < -0.39 is 47.8 Å². The molecule has 0 saturated heterocycles. The van der Waals surface area contributed by atoms with Crippen LogP contribution in [0.15, 0.2) is 0 Å². The van der Waals surface area contributed by atoms with Crippen molar-refractivity contribution in [2.75, 3.05) is 6.54 Å². The van der Waals surface area contributed by atoms with Crippen molar-refractivity contribution in [1.29, 1.82) is 0 Å². The van der Waals surface area contributed by atoms with Crippen LogP contribution < -0.4 is 11.5 Å². The molecule has 0 radical (unpaired) electrons. The molecule has 2 unspecified atom stereocenters. The van der Waals surface area contributed by atoms with Gasteiger partial charge in [-0.15, -0.1) is 0 Å². The minimum atomic E-state index is -1.82. The van der Waals surface area contributed by atoms with Gasteiger partial charge in [-0.1, -0.05) is 110 Å². The predicted octanol–water partition coefficient (Wildman–Crippen LogP) is 3.08. The van der Waals surface area contributed by atoms with Crippen LogP contribution in [0.2, 0.25) is 0 Å². The average Bonchev–Trinajstić information content (AvgIpc) is 3.04. The third kappa shape index (κ3) is 61.4. The SMILES string of the molecule is CCCCCCCCCCCCCCC(O)CC(N)CCCCCCCN.O=C(O)C(=O)O.O=C(O)C(=O)O.O=C(O)C(=O)O.O=C(O)C(=O)O. The Bertz CT molecular complexity index is 816. The molecule has 13 N–H and O–H groups in total. The van der Waals surface area contributed by atoms with Crippen LogP contribution in [-0.2, 0) is 38.4 Å². The van der Waals surface area contributed by atoms with Gasteiger partial charge in [0.2, 0.25) is 0 Å². The molecule has 0 heterocycles. The van der Waals surface area contributed by atoms with Gasteiger partial charge < -0.3 is 57.4 Å². The highest BCUT2D eigenvalue weighted by Gasteiger charge is 2.10. The zero-order chi connectivity index (χ0) is 40.6. The van der Waals surface area contributed by atoms with E-state index in [1.807, 2.05) is 0 Å². The molecule has 0 aromatic heterocycles. The second kappa shape index (κ2) is 41.8. The maximum absolute atomic E-state index is 10.2. The summed E-state index contributed by atoms with van der Waals surface area (Å²) in [6.07, 6.45) is 25.1. The minimum absolute atomic E-state index is 0.173. The summed E-state index contributed by atoms with van der Waals surface area (Å²) in [5.74, 6) is -14.6. The van der Waals surface area contributed by atoms with Gasteiger partial charge in [-0.25, -0.2) is 38.4 Å². The molecule has 300 valence electrons. The van der Waals surface area contributed by atoms with Gasteiger partial charge in [-0.3, -0.25) is 0 Å². The van der Waals surface area contributed by atoms with Crippen molar-refractivity contribution in [2.24, 2.45) is 11.5 Å². The lowest BCUT2D eigenvalue weighted by atomic mass is 9.98. The largest absolute Gasteiger partial charge is 0.473 e. The Morgan fingerprint density at radius 3 is 0.902 bits per heavy atom. The Kier molecular flexibility index (Phi) is 45.9. The molecular weight excluding hydrogens is 684 g/mol. The number of carboxylic acids is 8. The van der Waals surface area contributed by atoms with Crippen LogP contribution in [0.4, 0.5) is 0 Å². The number of hydrogen-bond acceptors (Lipinski definition) is 11. The van der Waals surface area contributed by atoms with E-state index in [4.69, 9.17) is 90.7 Å². The molecule has 51 heavy (non-hydrogen) atoms. The predicted molar refractivity (Wildman–Crippen MR) is 182 cm³/mol. The Morgan fingerprint density at radius 1 is 0.412 bits per heavy atom. The number of hydrogen-bond donors (Lipinski definition) is 11. The quantitative estimate of drug-likeness (QED) is 0.0560. The van der Waals surface area contributed by atoms with Crippen LogP contribution in [0, 0.1) is 0 Å². The van der Waals surface area contributed by atoms with Gasteiger partial charge in [-0.2, -0.15) is 0 Å². The summed E-state index contributed by atoms with van der Waals surface area (Å²) in [4.78, 5) is 72.8. The highest BCUT2D eigenvalue weighted by atomic mass is 16.5. The summed E-state index contributed by atoms with van der Waals surface area (Å²) in [7, 11) is 0. The summed E-state index contributed by atoms with van der Waals surface area (Å²) < 4.78 is 0. The molecule has 0 rings (SSSR count). The monoisotopic (exact) mass is 744 g/mol. The molecule has 19 heteroatoms. The number of unbranched alkanes of at least 4 members (excludes halogenated alkanes) is 15. The van der Waals surface area contributed by atoms with Crippen molar-refractivity contribution in [3.63, 3.8) is 0 Å². The van der Waals surface area contributed by atoms with Crippen LogP contribution in [0.1, 0.15) is 135 Å². The number of carbonyl (C=O) groups is 8. The molecular formula is C32H60N2O17. The lowest BCUT2D eigenvalue weighted by Gasteiger charge is -2.16. The molecule has 0 aliphatic rings. The van der Waals surface area contributed by atoms with Gasteiger partial charge in [0.15, 0.2) is 0 Å². The van der Waals surface area contributed by atoms with Crippen molar-refractivity contribution in [2.45, 2.75) is 147 Å². The molecule has 0 spiro atoms. The van der Waals surface area contributed by atoms with Crippen molar-refractivity contribution in [3.8, 4) is 0 Å². The third-order valence-corrected chi connectivity index (χ3v) is 6.48. The molecule has 0 aromatic carbocycles. The van der Waals surface area contributed by atoms with Gasteiger partial charge in [0.25, 0.3) is 0 Å². The highest BCUT2D eigenvalue weighted by Crippen LogP contribution is 2.15. The summed E-state index contributed by atoms with van der Waals surface area (Å²) in [5.41, 5.74) is 11.7. The van der Waals surface area contributed by atoms with Gasteiger partial charge in [0, 0.05) is 6.04 Å². The number of aliphatic carboxylic acids is 8. The topological polar surface area (TPSA) is 371 Å². The number of aliphatic hydroxyl groups is 1. The van der Waals surface area contributed by atoms with Crippen molar-refractivity contribution in [3.05, 3.63) is 0 Å². The molecule has 19 nitrogen and oxygen atoms in total. The Labute approximate surface area is 297 Å². The maximum Gasteiger partial charge on any atom is 0.414 e. The Balaban J connectivity index is -0.000000234. The van der Waals surface area contributed by atoms with E-state index in [1.165, 1.54) is 96.3 Å². The fourth-order valence-corrected chi connectivity index (χ4v) is 3.89. The number of aliphatic hydroxyl groups excluding tert-OH is 1. The molecule has 0 saturated carbocycles. The standard InChI is InChI=1S/C24H52N2O.4C2H2O4/c1-2-3-4-5-6-7-8-9-10-11-14-17-20-24(27)22-23(26)19-16-13-12-15-18-21-25;4*3-1(4)2(5)6/h23-24,27H,2-22,25-26H2,1H3;4*(H,3,4)(H,5,6). The van der Waals surface area contributed by atoms with Gasteiger partial charge in [0.05, 0.1) is 6.10 Å². The normalized spacial score (nSPS) is 10.7. The van der Waals surface area contributed by atoms with Crippen molar-refractivity contribution >= 4 is 47.8 Å². The summed E-state index contributed by atoms with van der Waals surface area (Å²) in [6, 6.07) is 0.173. The highest BCUT2D eigenvalue weighted by molar-refractivity contribution is 6.28. The number of carboxylic acid groups (broad SMARTS) is 8. The molecule has 0 bridgehead atoms. The molecule has 0 amide bonds. The lowest BCUT2D eigenvalue weighted by Crippen LogP contribution is -2.26. The molecule has 0 aliphatic heterocycles. The molecule has 0 aliphatic carbocycles. The van der Waals surface area contributed by atoms with E-state index in [2.05, 4.69) is 6.92 Å². The second-order valence-corrected chi connectivity index (χ2v) is 11.1. The first-order valence-corrected chi connectivity index (χ1v) is 16.8. The zero-order valence-corrected chi connectivity index (χ0v) is 29.4. The van der Waals surface area contributed by atoms with E-state index in [-0.39, 0.29) is 12.1 Å². The maximum atomic E-state index is 10.2. The van der Waals surface area contributed by atoms with Gasteiger partial charge in [0.1, 0.15) is 0 Å². The average molecular weight is 745 g/mol. The van der Waals surface area contributed by atoms with Crippen LogP contribution in [-0.4, -0.2) is 112 Å². The molecule has 0 fully saturated rings. The first-order valence-electron chi connectivity index (χ1n) is 16.8.